The number of hydrogen-bond acceptors (Lipinski definition) is 3. The summed E-state index contributed by atoms with van der Waals surface area (Å²) in [4.78, 5) is 0. The maximum atomic E-state index is 12.9. The molecule has 3 nitrogen and oxygen atoms in total. The van der Waals surface area contributed by atoms with Gasteiger partial charge in [-0.1, -0.05) is 11.6 Å². The molecule has 78 valence electrons. The SMILES string of the molecule is N[C@H](CCO)c1c(Cl)ccc(F)c1O. The standard InChI is InChI=1S/C9H11ClFNO2/c10-5-1-2-6(11)9(14)8(5)7(12)3-4-13/h1-2,7,13-14H,3-4,12H2/t7-/m1/s1. The fourth-order valence-corrected chi connectivity index (χ4v) is 1.49. The van der Waals surface area contributed by atoms with E-state index in [9.17, 15) is 9.50 Å². The van der Waals surface area contributed by atoms with Crippen molar-refractivity contribution in [2.24, 2.45) is 5.73 Å². The molecule has 1 rings (SSSR count). The molecular formula is C9H11ClFNO2. The van der Waals surface area contributed by atoms with E-state index in [0.717, 1.165) is 6.07 Å². The van der Waals surface area contributed by atoms with Crippen LogP contribution in [0.5, 0.6) is 5.75 Å². The molecule has 0 aliphatic heterocycles. The molecule has 0 unspecified atom stereocenters. The van der Waals surface area contributed by atoms with Crippen molar-refractivity contribution < 1.29 is 14.6 Å². The van der Waals surface area contributed by atoms with Gasteiger partial charge in [0.1, 0.15) is 0 Å². The van der Waals surface area contributed by atoms with Crippen LogP contribution in [0.25, 0.3) is 0 Å². The first-order chi connectivity index (χ1) is 6.57. The summed E-state index contributed by atoms with van der Waals surface area (Å²) < 4.78 is 12.9. The van der Waals surface area contributed by atoms with Crippen LogP contribution in [0.15, 0.2) is 12.1 Å². The van der Waals surface area contributed by atoms with Gasteiger partial charge >= 0.3 is 0 Å². The third-order valence-corrected chi connectivity index (χ3v) is 2.26. The molecule has 0 radical (unpaired) electrons. The van der Waals surface area contributed by atoms with Crippen LogP contribution < -0.4 is 5.73 Å². The van der Waals surface area contributed by atoms with Crippen molar-refractivity contribution in [2.75, 3.05) is 6.61 Å². The molecule has 14 heavy (non-hydrogen) atoms. The highest BCUT2D eigenvalue weighted by Gasteiger charge is 2.17. The lowest BCUT2D eigenvalue weighted by Crippen LogP contribution is -2.13. The molecular weight excluding hydrogens is 209 g/mol. The zero-order valence-corrected chi connectivity index (χ0v) is 8.13. The highest BCUT2D eigenvalue weighted by atomic mass is 35.5. The number of benzene rings is 1. The van der Waals surface area contributed by atoms with Gasteiger partial charge in [0.05, 0.1) is 0 Å². The Balaban J connectivity index is 3.11. The molecule has 0 spiro atoms. The van der Waals surface area contributed by atoms with Gasteiger partial charge in [-0.05, 0) is 18.6 Å². The molecule has 1 aromatic rings. The molecule has 1 aromatic carbocycles. The third-order valence-electron chi connectivity index (χ3n) is 1.93. The summed E-state index contributed by atoms with van der Waals surface area (Å²) in [5.74, 6) is -1.31. The monoisotopic (exact) mass is 219 g/mol. The van der Waals surface area contributed by atoms with Gasteiger partial charge in [0, 0.05) is 23.2 Å². The minimum absolute atomic E-state index is 0.140. The van der Waals surface area contributed by atoms with E-state index in [4.69, 9.17) is 22.4 Å². The Morgan fingerprint density at radius 3 is 2.71 bits per heavy atom. The second-order valence-electron chi connectivity index (χ2n) is 2.91. The minimum atomic E-state index is -0.766. The van der Waals surface area contributed by atoms with E-state index in [2.05, 4.69) is 0 Å². The van der Waals surface area contributed by atoms with E-state index < -0.39 is 17.6 Å². The zero-order valence-electron chi connectivity index (χ0n) is 7.37. The Hall–Kier alpha value is -0.840. The number of rotatable bonds is 3. The smallest absolute Gasteiger partial charge is 0.165 e. The average Bonchev–Trinajstić information content (AvgIpc) is 2.13. The summed E-state index contributed by atoms with van der Waals surface area (Å²) in [5, 5.41) is 18.2. The summed E-state index contributed by atoms with van der Waals surface area (Å²) in [5.41, 5.74) is 5.74. The highest BCUT2D eigenvalue weighted by Crippen LogP contribution is 2.33. The summed E-state index contributed by atoms with van der Waals surface area (Å²) in [6, 6.07) is 1.72. The van der Waals surface area contributed by atoms with Crippen molar-refractivity contribution in [3.05, 3.63) is 28.5 Å². The molecule has 0 heterocycles. The van der Waals surface area contributed by atoms with E-state index >= 15 is 0 Å². The Labute approximate surface area is 85.9 Å². The number of hydrogen-bond donors (Lipinski definition) is 3. The number of phenols is 1. The van der Waals surface area contributed by atoms with Gasteiger partial charge in [0.15, 0.2) is 11.6 Å². The summed E-state index contributed by atoms with van der Waals surface area (Å²) in [6.45, 7) is -0.145. The van der Waals surface area contributed by atoms with Crippen molar-refractivity contribution in [3.8, 4) is 5.75 Å². The van der Waals surface area contributed by atoms with Crippen molar-refractivity contribution in [1.29, 1.82) is 0 Å². The van der Waals surface area contributed by atoms with Crippen molar-refractivity contribution in [3.63, 3.8) is 0 Å². The van der Waals surface area contributed by atoms with Gasteiger partial charge in [-0.25, -0.2) is 4.39 Å². The van der Waals surface area contributed by atoms with Crippen molar-refractivity contribution in [1.82, 2.24) is 0 Å². The Morgan fingerprint density at radius 2 is 2.14 bits per heavy atom. The number of phenolic OH excluding ortho intramolecular Hbond substituents is 1. The molecule has 0 aliphatic carbocycles. The lowest BCUT2D eigenvalue weighted by molar-refractivity contribution is 0.275. The van der Waals surface area contributed by atoms with Gasteiger partial charge in [-0.15, -0.1) is 0 Å². The lowest BCUT2D eigenvalue weighted by atomic mass is 10.0. The largest absolute Gasteiger partial charge is 0.505 e. The van der Waals surface area contributed by atoms with Crippen molar-refractivity contribution in [2.45, 2.75) is 12.5 Å². The first kappa shape index (κ1) is 11.2. The maximum absolute atomic E-state index is 12.9. The van der Waals surface area contributed by atoms with Crippen LogP contribution in [0.4, 0.5) is 4.39 Å². The molecule has 0 aromatic heterocycles. The molecule has 0 fully saturated rings. The molecule has 0 saturated heterocycles. The van der Waals surface area contributed by atoms with E-state index in [1.165, 1.54) is 6.07 Å². The Bertz CT molecular complexity index is 333. The van der Waals surface area contributed by atoms with Gasteiger partial charge in [0.2, 0.25) is 0 Å². The topological polar surface area (TPSA) is 66.5 Å². The van der Waals surface area contributed by atoms with Gasteiger partial charge < -0.3 is 15.9 Å². The lowest BCUT2D eigenvalue weighted by Gasteiger charge is -2.14. The van der Waals surface area contributed by atoms with E-state index in [0.29, 0.717) is 0 Å². The maximum Gasteiger partial charge on any atom is 0.165 e. The van der Waals surface area contributed by atoms with Gasteiger partial charge in [-0.2, -0.15) is 0 Å². The molecule has 4 N–H and O–H groups in total. The normalized spacial score (nSPS) is 12.9. The fraction of sp³-hybridized carbons (Fsp3) is 0.333. The quantitative estimate of drug-likeness (QED) is 0.723. The van der Waals surface area contributed by atoms with Crippen molar-refractivity contribution >= 4 is 11.6 Å². The number of aromatic hydroxyl groups is 1. The minimum Gasteiger partial charge on any atom is -0.505 e. The van der Waals surface area contributed by atoms with Gasteiger partial charge in [-0.3, -0.25) is 0 Å². The van der Waals surface area contributed by atoms with Crippen LogP contribution in [0.3, 0.4) is 0 Å². The number of nitrogens with two attached hydrogens (primary N) is 1. The van der Waals surface area contributed by atoms with E-state index in [1.54, 1.807) is 0 Å². The van der Waals surface area contributed by atoms with Gasteiger partial charge in [0.25, 0.3) is 0 Å². The highest BCUT2D eigenvalue weighted by molar-refractivity contribution is 6.31. The summed E-state index contributed by atoms with van der Waals surface area (Å²) in [6.07, 6.45) is 0.219. The summed E-state index contributed by atoms with van der Waals surface area (Å²) in [7, 11) is 0. The number of aliphatic hydroxyl groups is 1. The van der Waals surface area contributed by atoms with Crippen LogP contribution in [0.2, 0.25) is 5.02 Å². The second kappa shape index (κ2) is 4.59. The van der Waals surface area contributed by atoms with E-state index in [-0.39, 0.29) is 23.6 Å². The molecule has 0 bridgehead atoms. The molecule has 5 heteroatoms. The Morgan fingerprint density at radius 1 is 1.50 bits per heavy atom. The average molecular weight is 220 g/mol. The predicted molar refractivity (Wildman–Crippen MR) is 51.7 cm³/mol. The van der Waals surface area contributed by atoms with Crippen LogP contribution in [-0.4, -0.2) is 16.8 Å². The molecule has 0 amide bonds. The van der Waals surface area contributed by atoms with Crippen LogP contribution in [-0.2, 0) is 0 Å². The molecule has 0 saturated carbocycles. The van der Waals surface area contributed by atoms with Crippen LogP contribution >= 0.6 is 11.6 Å². The van der Waals surface area contributed by atoms with E-state index in [1.807, 2.05) is 0 Å². The van der Waals surface area contributed by atoms with Crippen LogP contribution in [0.1, 0.15) is 18.0 Å². The summed E-state index contributed by atoms with van der Waals surface area (Å²) >= 11 is 5.74. The fourth-order valence-electron chi connectivity index (χ4n) is 1.19. The second-order valence-corrected chi connectivity index (χ2v) is 3.32. The third kappa shape index (κ3) is 2.15. The molecule has 0 aliphatic rings. The Kier molecular flexibility index (Phi) is 3.69. The first-order valence-corrected chi connectivity index (χ1v) is 4.49. The molecule has 1 atom stereocenters. The zero-order chi connectivity index (χ0) is 10.7. The number of aliphatic hydroxyl groups excluding tert-OH is 1. The first-order valence-electron chi connectivity index (χ1n) is 4.11. The van der Waals surface area contributed by atoms with Crippen LogP contribution in [0, 0.1) is 5.82 Å². The number of halogens is 2. The predicted octanol–water partition coefficient (Wildman–Crippen LogP) is 1.57.